The first-order chi connectivity index (χ1) is 6.63. The summed E-state index contributed by atoms with van der Waals surface area (Å²) in [5.74, 6) is 1.99. The van der Waals surface area contributed by atoms with Crippen LogP contribution in [0.1, 0.15) is 58.3 Å². The van der Waals surface area contributed by atoms with Crippen LogP contribution in [0, 0.1) is 17.3 Å². The first-order valence-electron chi connectivity index (χ1n) is 6.42. The van der Waals surface area contributed by atoms with Gasteiger partial charge in [0.25, 0.3) is 0 Å². The second kappa shape index (κ2) is 3.63. The molecule has 0 radical (unpaired) electrons. The van der Waals surface area contributed by atoms with E-state index in [0.29, 0.717) is 5.41 Å². The Labute approximate surface area is 99.6 Å². The molecule has 0 aromatic rings. The number of hydrogen-bond donors (Lipinski definition) is 1. The van der Waals surface area contributed by atoms with E-state index >= 15 is 0 Å². The number of hydrogen-bond acceptors (Lipinski definition) is 1. The molecule has 4 aliphatic rings. The molecule has 0 aliphatic heterocycles. The largest absolute Gasteiger partial charge is 0.325 e. The number of rotatable bonds is 2. The molecule has 1 nitrogen and oxygen atoms in total. The molecule has 88 valence electrons. The van der Waals surface area contributed by atoms with Crippen molar-refractivity contribution >= 4 is 12.4 Å². The van der Waals surface area contributed by atoms with Gasteiger partial charge in [-0.2, -0.15) is 0 Å². The van der Waals surface area contributed by atoms with Gasteiger partial charge in [0.15, 0.2) is 0 Å². The van der Waals surface area contributed by atoms with E-state index in [4.69, 9.17) is 5.73 Å². The van der Waals surface area contributed by atoms with Crippen molar-refractivity contribution in [1.82, 2.24) is 0 Å². The fourth-order valence-corrected chi connectivity index (χ4v) is 5.35. The maximum Gasteiger partial charge on any atom is 0.0164 e. The van der Waals surface area contributed by atoms with E-state index in [-0.39, 0.29) is 17.9 Å². The van der Waals surface area contributed by atoms with Crippen molar-refractivity contribution in [3.05, 3.63) is 0 Å². The molecule has 15 heavy (non-hydrogen) atoms. The van der Waals surface area contributed by atoms with E-state index in [9.17, 15) is 0 Å². The highest BCUT2D eigenvalue weighted by Crippen LogP contribution is 2.62. The molecule has 2 N–H and O–H groups in total. The van der Waals surface area contributed by atoms with Crippen LogP contribution in [-0.4, -0.2) is 5.54 Å². The van der Waals surface area contributed by atoms with Gasteiger partial charge in [-0.1, -0.05) is 13.3 Å². The second-order valence-corrected chi connectivity index (χ2v) is 6.57. The van der Waals surface area contributed by atoms with Gasteiger partial charge >= 0.3 is 0 Å². The maximum atomic E-state index is 6.54. The Morgan fingerprint density at radius 3 is 2.20 bits per heavy atom. The van der Waals surface area contributed by atoms with Gasteiger partial charge in [0.05, 0.1) is 0 Å². The van der Waals surface area contributed by atoms with Crippen molar-refractivity contribution in [2.45, 2.75) is 63.8 Å². The Morgan fingerprint density at radius 1 is 1.13 bits per heavy atom. The van der Waals surface area contributed by atoms with Crippen LogP contribution in [0.4, 0.5) is 0 Å². The summed E-state index contributed by atoms with van der Waals surface area (Å²) in [6.45, 7) is 2.34. The fourth-order valence-electron chi connectivity index (χ4n) is 5.35. The van der Waals surface area contributed by atoms with Gasteiger partial charge in [0.1, 0.15) is 0 Å². The molecule has 0 amide bonds. The zero-order valence-corrected chi connectivity index (χ0v) is 10.6. The predicted molar refractivity (Wildman–Crippen MR) is 66.2 cm³/mol. The van der Waals surface area contributed by atoms with Gasteiger partial charge in [-0.3, -0.25) is 0 Å². The lowest BCUT2D eigenvalue weighted by atomic mass is 9.46. The molecule has 0 aromatic carbocycles. The standard InChI is InChI=1S/C13H23N.ClH/c1-2-3-12-5-10-4-11(6-12)8-13(14,7-10)9-12;/h10-11H,2-9,14H2,1H3;1H. The molecule has 4 bridgehead atoms. The van der Waals surface area contributed by atoms with E-state index < -0.39 is 0 Å². The molecule has 0 saturated heterocycles. The van der Waals surface area contributed by atoms with Crippen LogP contribution in [0.25, 0.3) is 0 Å². The second-order valence-electron chi connectivity index (χ2n) is 6.57. The summed E-state index contributed by atoms with van der Waals surface area (Å²) in [5.41, 5.74) is 7.49. The number of nitrogens with two attached hydrogens (primary N) is 1. The summed E-state index contributed by atoms with van der Waals surface area (Å²) in [6, 6.07) is 0. The lowest BCUT2D eigenvalue weighted by Crippen LogP contribution is -2.59. The Bertz CT molecular complexity index is 237. The Balaban J connectivity index is 0.000000853. The van der Waals surface area contributed by atoms with Crippen molar-refractivity contribution in [1.29, 1.82) is 0 Å². The predicted octanol–water partition coefficient (Wildman–Crippen LogP) is 3.51. The van der Waals surface area contributed by atoms with Gasteiger partial charge in [-0.15, -0.1) is 12.4 Å². The first-order valence-corrected chi connectivity index (χ1v) is 6.42. The van der Waals surface area contributed by atoms with Crippen molar-refractivity contribution < 1.29 is 0 Å². The smallest absolute Gasteiger partial charge is 0.0164 e. The van der Waals surface area contributed by atoms with E-state index in [2.05, 4.69) is 6.92 Å². The summed E-state index contributed by atoms with van der Waals surface area (Å²) in [5, 5.41) is 0. The zero-order valence-electron chi connectivity index (χ0n) is 9.80. The van der Waals surface area contributed by atoms with Gasteiger partial charge < -0.3 is 5.73 Å². The average molecular weight is 230 g/mol. The molecule has 4 saturated carbocycles. The minimum atomic E-state index is 0. The van der Waals surface area contributed by atoms with Crippen LogP contribution < -0.4 is 5.73 Å². The SMILES string of the molecule is CCCC12CC3CC(CC(N)(C3)C1)C2.Cl. The van der Waals surface area contributed by atoms with Crippen LogP contribution >= 0.6 is 12.4 Å². The summed E-state index contributed by atoms with van der Waals surface area (Å²) in [6.07, 6.45) is 11.4. The highest BCUT2D eigenvalue weighted by Gasteiger charge is 2.55. The van der Waals surface area contributed by atoms with Crippen LogP contribution in [-0.2, 0) is 0 Å². The molecule has 2 unspecified atom stereocenters. The third kappa shape index (κ3) is 1.82. The van der Waals surface area contributed by atoms with Crippen LogP contribution in [0.15, 0.2) is 0 Å². The van der Waals surface area contributed by atoms with Crippen molar-refractivity contribution in [3.63, 3.8) is 0 Å². The highest BCUT2D eigenvalue weighted by molar-refractivity contribution is 5.85. The van der Waals surface area contributed by atoms with Gasteiger partial charge in [0.2, 0.25) is 0 Å². The Kier molecular flexibility index (Phi) is 2.84. The summed E-state index contributed by atoms with van der Waals surface area (Å²) >= 11 is 0. The molecule has 0 aromatic heterocycles. The van der Waals surface area contributed by atoms with Gasteiger partial charge in [-0.05, 0) is 62.2 Å². The van der Waals surface area contributed by atoms with Gasteiger partial charge in [-0.25, -0.2) is 0 Å². The lowest BCUT2D eigenvalue weighted by Gasteiger charge is -2.61. The third-order valence-corrected chi connectivity index (χ3v) is 5.01. The Hall–Kier alpha value is 0.250. The lowest BCUT2D eigenvalue weighted by molar-refractivity contribution is -0.0714. The minimum Gasteiger partial charge on any atom is -0.325 e. The van der Waals surface area contributed by atoms with Crippen LogP contribution in [0.3, 0.4) is 0 Å². The summed E-state index contributed by atoms with van der Waals surface area (Å²) in [4.78, 5) is 0. The van der Waals surface area contributed by atoms with Crippen molar-refractivity contribution in [2.75, 3.05) is 0 Å². The fraction of sp³-hybridized carbons (Fsp3) is 1.00. The molecule has 2 heteroatoms. The highest BCUT2D eigenvalue weighted by atomic mass is 35.5. The minimum absolute atomic E-state index is 0. The maximum absolute atomic E-state index is 6.54. The third-order valence-electron chi connectivity index (χ3n) is 5.01. The van der Waals surface area contributed by atoms with E-state index in [1.165, 1.54) is 51.4 Å². The molecule has 0 heterocycles. The molecule has 2 atom stereocenters. The molecular formula is C13H24ClN. The normalized spacial score (nSPS) is 51.6. The van der Waals surface area contributed by atoms with E-state index in [0.717, 1.165) is 11.8 Å². The summed E-state index contributed by atoms with van der Waals surface area (Å²) in [7, 11) is 0. The van der Waals surface area contributed by atoms with Crippen LogP contribution in [0.2, 0.25) is 0 Å². The molecule has 4 rings (SSSR count). The first kappa shape index (κ1) is 11.7. The Morgan fingerprint density at radius 2 is 1.73 bits per heavy atom. The molecule has 0 spiro atoms. The van der Waals surface area contributed by atoms with E-state index in [1.54, 1.807) is 0 Å². The molecule has 4 fully saturated rings. The van der Waals surface area contributed by atoms with Gasteiger partial charge in [0, 0.05) is 5.54 Å². The molecule has 4 aliphatic carbocycles. The van der Waals surface area contributed by atoms with E-state index in [1.807, 2.05) is 0 Å². The number of halogens is 1. The van der Waals surface area contributed by atoms with Crippen molar-refractivity contribution in [2.24, 2.45) is 23.0 Å². The van der Waals surface area contributed by atoms with Crippen LogP contribution in [0.5, 0.6) is 0 Å². The quantitative estimate of drug-likeness (QED) is 0.771. The monoisotopic (exact) mass is 229 g/mol. The molecular weight excluding hydrogens is 206 g/mol. The average Bonchev–Trinajstić information content (AvgIpc) is 1.97. The van der Waals surface area contributed by atoms with Crippen molar-refractivity contribution in [3.8, 4) is 0 Å². The topological polar surface area (TPSA) is 26.0 Å². The zero-order chi connectivity index (χ0) is 9.81. The summed E-state index contributed by atoms with van der Waals surface area (Å²) < 4.78 is 0.